The third-order valence-corrected chi connectivity index (χ3v) is 5.73. The number of guanidine groups is 1. The first-order valence-electron chi connectivity index (χ1n) is 9.24. The van der Waals surface area contributed by atoms with E-state index in [1.54, 1.807) is 0 Å². The van der Waals surface area contributed by atoms with E-state index in [4.69, 9.17) is 4.74 Å². The van der Waals surface area contributed by atoms with Crippen LogP contribution >= 0.6 is 24.0 Å². The largest absolute Gasteiger partial charge is 0.373 e. The maximum Gasteiger partial charge on any atom is 0.191 e. The van der Waals surface area contributed by atoms with Gasteiger partial charge in [-0.05, 0) is 42.2 Å². The fourth-order valence-electron chi connectivity index (χ4n) is 3.62. The molecule has 2 aliphatic heterocycles. The molecule has 0 aliphatic carbocycles. The second kappa shape index (κ2) is 8.71. The van der Waals surface area contributed by atoms with Crippen LogP contribution in [0.1, 0.15) is 57.6 Å². The Morgan fingerprint density at radius 2 is 1.96 bits per heavy atom. The van der Waals surface area contributed by atoms with Crippen LogP contribution in [0, 0.1) is 0 Å². The number of benzene rings is 1. The second-order valence-electron chi connectivity index (χ2n) is 7.72. The fourth-order valence-corrected chi connectivity index (χ4v) is 3.62. The highest BCUT2D eigenvalue weighted by Crippen LogP contribution is 2.34. The molecule has 2 fully saturated rings. The summed E-state index contributed by atoms with van der Waals surface area (Å²) >= 11 is 0. The highest BCUT2D eigenvalue weighted by molar-refractivity contribution is 14.0. The van der Waals surface area contributed by atoms with Gasteiger partial charge >= 0.3 is 0 Å². The van der Waals surface area contributed by atoms with E-state index in [-0.39, 0.29) is 29.4 Å². The molecule has 5 heteroatoms. The smallest absolute Gasteiger partial charge is 0.191 e. The van der Waals surface area contributed by atoms with Crippen LogP contribution in [0.3, 0.4) is 0 Å². The molecular weight excluding hydrogens is 425 g/mol. The fraction of sp³-hybridized carbons (Fsp3) is 0.650. The lowest BCUT2D eigenvalue weighted by atomic mass is 9.82. The number of hydrogen-bond acceptors (Lipinski definition) is 2. The van der Waals surface area contributed by atoms with Crippen LogP contribution < -0.4 is 10.6 Å². The second-order valence-corrected chi connectivity index (χ2v) is 7.72. The van der Waals surface area contributed by atoms with Gasteiger partial charge in [0.2, 0.25) is 0 Å². The molecule has 2 N–H and O–H groups in total. The quantitative estimate of drug-likeness (QED) is 0.400. The van der Waals surface area contributed by atoms with E-state index < -0.39 is 0 Å². The average molecular weight is 457 g/mol. The highest BCUT2D eigenvalue weighted by atomic mass is 127. The summed E-state index contributed by atoms with van der Waals surface area (Å²) in [6.07, 6.45) is 5.46. The van der Waals surface area contributed by atoms with E-state index in [1.165, 1.54) is 24.0 Å². The molecule has 3 rings (SSSR count). The zero-order chi connectivity index (χ0) is 17.2. The first-order valence-corrected chi connectivity index (χ1v) is 9.24. The lowest BCUT2D eigenvalue weighted by Crippen LogP contribution is -2.47. The van der Waals surface area contributed by atoms with Crippen molar-refractivity contribution in [2.45, 2.75) is 76.7 Å². The molecule has 0 spiro atoms. The predicted octanol–water partition coefficient (Wildman–Crippen LogP) is 3.98. The van der Waals surface area contributed by atoms with Crippen LogP contribution in [0.4, 0.5) is 0 Å². The zero-order valence-corrected chi connectivity index (χ0v) is 18.2. The minimum atomic E-state index is 0. The van der Waals surface area contributed by atoms with Gasteiger partial charge in [0.25, 0.3) is 0 Å². The van der Waals surface area contributed by atoms with Crippen molar-refractivity contribution in [2.24, 2.45) is 4.99 Å². The molecule has 25 heavy (non-hydrogen) atoms. The molecule has 2 bridgehead atoms. The molecule has 2 saturated heterocycles. The standard InChI is InChI=1S/C20H31N3O.HI/c1-5-20(2,3)15-8-6-14(7-9-15)13-22-19(21-4)23-17-12-16-10-11-18(17)24-16;/h6-9,16-18H,5,10-13H2,1-4H3,(H2,21,22,23);1H. The summed E-state index contributed by atoms with van der Waals surface area (Å²) < 4.78 is 5.90. The van der Waals surface area contributed by atoms with E-state index in [2.05, 4.69) is 60.7 Å². The maximum absolute atomic E-state index is 5.90. The van der Waals surface area contributed by atoms with Crippen LogP contribution in [-0.2, 0) is 16.7 Å². The topological polar surface area (TPSA) is 45.7 Å². The van der Waals surface area contributed by atoms with Crippen LogP contribution in [-0.4, -0.2) is 31.3 Å². The van der Waals surface area contributed by atoms with Crippen LogP contribution in [0.2, 0.25) is 0 Å². The number of rotatable bonds is 5. The Balaban J connectivity index is 0.00000225. The van der Waals surface area contributed by atoms with Gasteiger partial charge < -0.3 is 15.4 Å². The molecular formula is C20H32IN3O. The summed E-state index contributed by atoms with van der Waals surface area (Å²) in [5.74, 6) is 0.870. The molecule has 1 aromatic rings. The van der Waals surface area contributed by atoms with Gasteiger partial charge in [0, 0.05) is 13.6 Å². The summed E-state index contributed by atoms with van der Waals surface area (Å²) in [5.41, 5.74) is 2.92. The number of nitrogens with one attached hydrogen (secondary N) is 2. The van der Waals surface area contributed by atoms with Crippen molar-refractivity contribution in [3.63, 3.8) is 0 Å². The molecule has 3 atom stereocenters. The van der Waals surface area contributed by atoms with Crippen LogP contribution in [0.25, 0.3) is 0 Å². The Morgan fingerprint density at radius 3 is 2.48 bits per heavy atom. The van der Waals surface area contributed by atoms with Crippen molar-refractivity contribution >= 4 is 29.9 Å². The number of halogens is 1. The third-order valence-electron chi connectivity index (χ3n) is 5.73. The normalized spacial score (nSPS) is 25.6. The van der Waals surface area contributed by atoms with Crippen LogP contribution in [0.15, 0.2) is 29.3 Å². The number of aliphatic imine (C=N–C) groups is 1. The van der Waals surface area contributed by atoms with E-state index >= 15 is 0 Å². The van der Waals surface area contributed by atoms with Gasteiger partial charge in [-0.2, -0.15) is 0 Å². The molecule has 4 nitrogen and oxygen atoms in total. The molecule has 0 saturated carbocycles. The van der Waals surface area contributed by atoms with Gasteiger partial charge in [-0.15, -0.1) is 24.0 Å². The van der Waals surface area contributed by atoms with Crippen molar-refractivity contribution in [1.82, 2.24) is 10.6 Å². The van der Waals surface area contributed by atoms with Crippen molar-refractivity contribution in [3.8, 4) is 0 Å². The van der Waals surface area contributed by atoms with Crippen molar-refractivity contribution in [2.75, 3.05) is 7.05 Å². The van der Waals surface area contributed by atoms with Gasteiger partial charge in [-0.3, -0.25) is 4.99 Å². The van der Waals surface area contributed by atoms with Gasteiger partial charge in [-0.1, -0.05) is 45.0 Å². The minimum absolute atomic E-state index is 0. The summed E-state index contributed by atoms with van der Waals surface area (Å²) in [7, 11) is 1.83. The van der Waals surface area contributed by atoms with E-state index in [0.29, 0.717) is 18.2 Å². The van der Waals surface area contributed by atoms with Crippen molar-refractivity contribution < 1.29 is 4.74 Å². The Labute approximate surface area is 169 Å². The van der Waals surface area contributed by atoms with E-state index in [9.17, 15) is 0 Å². The van der Waals surface area contributed by atoms with E-state index in [0.717, 1.165) is 25.3 Å². The summed E-state index contributed by atoms with van der Waals surface area (Å²) in [5, 5.41) is 6.95. The van der Waals surface area contributed by atoms with Gasteiger partial charge in [0.15, 0.2) is 5.96 Å². The molecule has 0 amide bonds. The molecule has 3 unspecified atom stereocenters. The lowest BCUT2D eigenvalue weighted by Gasteiger charge is -2.24. The third kappa shape index (κ3) is 4.88. The van der Waals surface area contributed by atoms with Gasteiger partial charge in [0.05, 0.1) is 18.2 Å². The number of nitrogens with zero attached hydrogens (tertiary/aromatic N) is 1. The molecule has 0 radical (unpaired) electrons. The molecule has 0 aromatic heterocycles. The molecule has 2 heterocycles. The first kappa shape index (κ1) is 20.5. The summed E-state index contributed by atoms with van der Waals surface area (Å²) in [6.45, 7) is 7.62. The minimum Gasteiger partial charge on any atom is -0.373 e. The SMILES string of the molecule is CCC(C)(C)c1ccc(CNC(=NC)NC2CC3CCC2O3)cc1.I. The highest BCUT2D eigenvalue weighted by Gasteiger charge is 2.41. The Hall–Kier alpha value is -0.820. The zero-order valence-electron chi connectivity index (χ0n) is 15.8. The lowest BCUT2D eigenvalue weighted by molar-refractivity contribution is 0.0992. The molecule has 2 aliphatic rings. The average Bonchev–Trinajstić information content (AvgIpc) is 3.21. The molecule has 1 aromatic carbocycles. The monoisotopic (exact) mass is 457 g/mol. The number of ether oxygens (including phenoxy) is 1. The Bertz CT molecular complexity index is 585. The first-order chi connectivity index (χ1) is 11.5. The molecule has 140 valence electrons. The maximum atomic E-state index is 5.90. The summed E-state index contributed by atoms with van der Waals surface area (Å²) in [4.78, 5) is 4.36. The van der Waals surface area contributed by atoms with Gasteiger partial charge in [-0.25, -0.2) is 0 Å². The number of hydrogen-bond donors (Lipinski definition) is 2. The summed E-state index contributed by atoms with van der Waals surface area (Å²) in [6, 6.07) is 9.34. The van der Waals surface area contributed by atoms with Crippen LogP contribution in [0.5, 0.6) is 0 Å². The Kier molecular flexibility index (Phi) is 7.14. The predicted molar refractivity (Wildman–Crippen MR) is 115 cm³/mol. The van der Waals surface area contributed by atoms with Crippen molar-refractivity contribution in [3.05, 3.63) is 35.4 Å². The van der Waals surface area contributed by atoms with Crippen molar-refractivity contribution in [1.29, 1.82) is 0 Å². The number of fused-ring (bicyclic) bond motifs is 2. The van der Waals surface area contributed by atoms with Gasteiger partial charge in [0.1, 0.15) is 0 Å². The Morgan fingerprint density at radius 1 is 1.24 bits per heavy atom. The van der Waals surface area contributed by atoms with E-state index in [1.807, 2.05) is 7.05 Å².